The first-order valence-electron chi connectivity index (χ1n) is 10.4. The number of benzene rings is 2. The summed E-state index contributed by atoms with van der Waals surface area (Å²) in [7, 11) is 0. The number of hydrogen-bond donors (Lipinski definition) is 1. The average Bonchev–Trinajstić information content (AvgIpc) is 3.30. The van der Waals surface area contributed by atoms with E-state index in [4.69, 9.17) is 11.6 Å². The predicted molar refractivity (Wildman–Crippen MR) is 121 cm³/mol. The maximum atomic E-state index is 12.8. The summed E-state index contributed by atoms with van der Waals surface area (Å²) in [5.41, 5.74) is 5.18. The van der Waals surface area contributed by atoms with Crippen molar-refractivity contribution in [3.63, 3.8) is 0 Å². The highest BCUT2D eigenvalue weighted by atomic mass is 35.5. The highest BCUT2D eigenvalue weighted by Crippen LogP contribution is 2.30. The molecule has 0 aliphatic carbocycles. The molecule has 1 saturated heterocycles. The second-order valence-corrected chi connectivity index (χ2v) is 8.20. The third-order valence-corrected chi connectivity index (χ3v) is 6.02. The molecule has 0 unspecified atom stereocenters. The number of aryl methyl sites for hydroxylation is 1. The van der Waals surface area contributed by atoms with E-state index in [0.29, 0.717) is 42.3 Å². The van der Waals surface area contributed by atoms with Crippen molar-refractivity contribution in [2.75, 3.05) is 11.4 Å². The van der Waals surface area contributed by atoms with E-state index in [-0.39, 0.29) is 11.8 Å². The van der Waals surface area contributed by atoms with Crippen LogP contribution in [0.4, 0.5) is 5.69 Å². The van der Waals surface area contributed by atoms with Crippen LogP contribution in [-0.2, 0) is 17.9 Å². The van der Waals surface area contributed by atoms with Crippen LogP contribution in [0.1, 0.15) is 45.7 Å². The number of halogens is 1. The van der Waals surface area contributed by atoms with Crippen LogP contribution < -0.4 is 10.2 Å². The van der Waals surface area contributed by atoms with Gasteiger partial charge >= 0.3 is 0 Å². The smallest absolute Gasteiger partial charge is 0.251 e. The maximum absolute atomic E-state index is 12.8. The molecule has 6 nitrogen and oxygen atoms in total. The van der Waals surface area contributed by atoms with Gasteiger partial charge in [-0.1, -0.05) is 41.9 Å². The lowest BCUT2D eigenvalue weighted by atomic mass is 10.1. The van der Waals surface area contributed by atoms with Gasteiger partial charge in [0.1, 0.15) is 0 Å². The lowest BCUT2D eigenvalue weighted by Gasteiger charge is -2.18. The zero-order valence-electron chi connectivity index (χ0n) is 17.7. The van der Waals surface area contributed by atoms with Crippen molar-refractivity contribution in [3.8, 4) is 0 Å². The Balaban J connectivity index is 1.47. The number of nitrogens with one attached hydrogen (secondary N) is 1. The molecule has 1 aromatic heterocycles. The van der Waals surface area contributed by atoms with Crippen LogP contribution >= 0.6 is 11.6 Å². The number of rotatable bonds is 6. The average molecular weight is 437 g/mol. The predicted octanol–water partition coefficient (Wildman–Crippen LogP) is 4.26. The number of carbonyl (C=O) groups is 2. The fraction of sp³-hybridized carbons (Fsp3) is 0.292. The SMILES string of the molecule is Cc1nn(Cc2ccccc2)c(C)c1CNC(=O)c1ccc(Cl)c(N2CCCC2=O)c1. The normalized spacial score (nSPS) is 13.6. The molecule has 31 heavy (non-hydrogen) atoms. The van der Waals surface area contributed by atoms with Gasteiger partial charge in [0.25, 0.3) is 5.91 Å². The second kappa shape index (κ2) is 8.94. The summed E-state index contributed by atoms with van der Waals surface area (Å²) in [4.78, 5) is 26.6. The fourth-order valence-electron chi connectivity index (χ4n) is 3.93. The van der Waals surface area contributed by atoms with E-state index in [0.717, 1.165) is 23.4 Å². The summed E-state index contributed by atoms with van der Waals surface area (Å²) in [5.74, 6) is -0.171. The molecule has 0 spiro atoms. The molecule has 1 aliphatic rings. The highest BCUT2D eigenvalue weighted by molar-refractivity contribution is 6.34. The Labute approximate surface area is 186 Å². The van der Waals surface area contributed by atoms with Gasteiger partial charge in [0, 0.05) is 36.3 Å². The van der Waals surface area contributed by atoms with E-state index < -0.39 is 0 Å². The number of aromatic nitrogens is 2. The fourth-order valence-corrected chi connectivity index (χ4v) is 4.15. The second-order valence-electron chi connectivity index (χ2n) is 7.79. The monoisotopic (exact) mass is 436 g/mol. The standard InChI is InChI=1S/C24H25ClN4O2/c1-16-20(17(2)29(27-16)15-18-7-4-3-5-8-18)14-26-24(31)19-10-11-21(25)22(13-19)28-12-6-9-23(28)30/h3-5,7-8,10-11,13H,6,9,12,14-15H2,1-2H3,(H,26,31). The van der Waals surface area contributed by atoms with Crippen molar-refractivity contribution in [3.05, 3.63) is 81.6 Å². The van der Waals surface area contributed by atoms with Gasteiger partial charge < -0.3 is 10.2 Å². The molecule has 0 radical (unpaired) electrons. The number of nitrogens with zero attached hydrogens (tertiary/aromatic N) is 3. The molecule has 3 aromatic rings. The van der Waals surface area contributed by atoms with Gasteiger partial charge in [-0.05, 0) is 44.0 Å². The minimum Gasteiger partial charge on any atom is -0.348 e. The highest BCUT2D eigenvalue weighted by Gasteiger charge is 2.24. The summed E-state index contributed by atoms with van der Waals surface area (Å²) in [5, 5.41) is 8.10. The topological polar surface area (TPSA) is 67.2 Å². The van der Waals surface area contributed by atoms with E-state index >= 15 is 0 Å². The molecule has 2 amide bonds. The van der Waals surface area contributed by atoms with Crippen molar-refractivity contribution < 1.29 is 9.59 Å². The molecule has 0 atom stereocenters. The van der Waals surface area contributed by atoms with Crippen molar-refractivity contribution in [2.24, 2.45) is 0 Å². The van der Waals surface area contributed by atoms with E-state index in [1.54, 1.807) is 23.1 Å². The van der Waals surface area contributed by atoms with Gasteiger partial charge in [0.05, 0.1) is 22.9 Å². The van der Waals surface area contributed by atoms with Crippen molar-refractivity contribution >= 4 is 29.1 Å². The first kappa shape index (κ1) is 21.1. The summed E-state index contributed by atoms with van der Waals surface area (Å²) in [6.45, 7) is 5.67. The summed E-state index contributed by atoms with van der Waals surface area (Å²) in [6, 6.07) is 15.2. The van der Waals surface area contributed by atoms with Gasteiger partial charge in [0.2, 0.25) is 5.91 Å². The van der Waals surface area contributed by atoms with E-state index in [1.165, 1.54) is 5.56 Å². The molecule has 7 heteroatoms. The van der Waals surface area contributed by atoms with Gasteiger partial charge in [-0.15, -0.1) is 0 Å². The van der Waals surface area contributed by atoms with Crippen LogP contribution in [0, 0.1) is 13.8 Å². The third-order valence-electron chi connectivity index (χ3n) is 5.70. The number of amides is 2. The molecule has 1 aliphatic heterocycles. The molecule has 0 saturated carbocycles. The Bertz CT molecular complexity index is 1120. The Morgan fingerprint density at radius 2 is 1.94 bits per heavy atom. The summed E-state index contributed by atoms with van der Waals surface area (Å²) >= 11 is 6.29. The van der Waals surface area contributed by atoms with Crippen LogP contribution in [0.2, 0.25) is 5.02 Å². The lowest BCUT2D eigenvalue weighted by molar-refractivity contribution is -0.117. The van der Waals surface area contributed by atoms with Crippen molar-refractivity contribution in [1.29, 1.82) is 0 Å². The zero-order chi connectivity index (χ0) is 22.0. The molecular formula is C24H25ClN4O2. The van der Waals surface area contributed by atoms with E-state index in [9.17, 15) is 9.59 Å². The summed E-state index contributed by atoms with van der Waals surface area (Å²) in [6.07, 6.45) is 1.31. The molecular weight excluding hydrogens is 412 g/mol. The van der Waals surface area contributed by atoms with Gasteiger partial charge in [-0.25, -0.2) is 0 Å². The molecule has 0 bridgehead atoms. The zero-order valence-corrected chi connectivity index (χ0v) is 18.4. The van der Waals surface area contributed by atoms with Crippen LogP contribution in [-0.4, -0.2) is 28.1 Å². The van der Waals surface area contributed by atoms with Gasteiger partial charge in [0.15, 0.2) is 0 Å². The Kier molecular flexibility index (Phi) is 6.09. The Hall–Kier alpha value is -3.12. The van der Waals surface area contributed by atoms with E-state index in [2.05, 4.69) is 22.5 Å². The maximum Gasteiger partial charge on any atom is 0.251 e. The van der Waals surface area contributed by atoms with Crippen LogP contribution in [0.15, 0.2) is 48.5 Å². The van der Waals surface area contributed by atoms with Gasteiger partial charge in [-0.2, -0.15) is 5.10 Å². The van der Waals surface area contributed by atoms with Crippen molar-refractivity contribution in [1.82, 2.24) is 15.1 Å². The largest absolute Gasteiger partial charge is 0.348 e. The summed E-state index contributed by atoms with van der Waals surface area (Å²) < 4.78 is 1.96. The number of hydrogen-bond acceptors (Lipinski definition) is 3. The van der Waals surface area contributed by atoms with Gasteiger partial charge in [-0.3, -0.25) is 14.3 Å². The van der Waals surface area contributed by atoms with Crippen molar-refractivity contribution in [2.45, 2.75) is 39.8 Å². The molecule has 1 fully saturated rings. The first-order chi connectivity index (χ1) is 14.9. The molecule has 160 valence electrons. The quantitative estimate of drug-likeness (QED) is 0.627. The Morgan fingerprint density at radius 3 is 2.65 bits per heavy atom. The van der Waals surface area contributed by atoms with Crippen LogP contribution in [0.25, 0.3) is 0 Å². The van der Waals surface area contributed by atoms with E-state index in [1.807, 2.05) is 36.7 Å². The molecule has 4 rings (SSSR count). The number of carbonyl (C=O) groups excluding carboxylic acids is 2. The van der Waals surface area contributed by atoms with Crippen LogP contribution in [0.5, 0.6) is 0 Å². The number of anilines is 1. The minimum atomic E-state index is -0.209. The molecule has 2 heterocycles. The van der Waals surface area contributed by atoms with Crippen LogP contribution in [0.3, 0.4) is 0 Å². The lowest BCUT2D eigenvalue weighted by Crippen LogP contribution is -2.26. The third kappa shape index (κ3) is 4.49. The molecule has 1 N–H and O–H groups in total. The Morgan fingerprint density at radius 1 is 1.16 bits per heavy atom. The first-order valence-corrected chi connectivity index (χ1v) is 10.8. The minimum absolute atomic E-state index is 0.0385. The molecule has 2 aromatic carbocycles.